The van der Waals surface area contributed by atoms with Crippen LogP contribution in [-0.2, 0) is 0 Å². The molecule has 1 aromatic rings. The number of hydrogen-bond donors (Lipinski definition) is 2. The number of nitrogens with zero attached hydrogens (tertiary/aromatic N) is 2. The number of rotatable bonds is 1. The van der Waals surface area contributed by atoms with Crippen molar-refractivity contribution < 1.29 is 15.1 Å². The van der Waals surface area contributed by atoms with Gasteiger partial charge in [0.15, 0.2) is 5.34 Å². The van der Waals surface area contributed by atoms with Crippen molar-refractivity contribution in [2.75, 3.05) is 0 Å². The fraction of sp³-hybridized carbons (Fsp3) is 0. The van der Waals surface area contributed by atoms with Gasteiger partial charge in [-0.3, -0.25) is 4.98 Å². The van der Waals surface area contributed by atoms with Crippen molar-refractivity contribution in [3.63, 3.8) is 0 Å². The SMILES string of the molecule is O=C(O)c1cncc(Cl)c1.O=NO. The summed E-state index contributed by atoms with van der Waals surface area (Å²) in [5.41, 5.74) is 0.104. The lowest BCUT2D eigenvalue weighted by molar-refractivity contribution is 0.0696. The molecule has 0 spiro atoms. The molecule has 0 aliphatic rings. The Morgan fingerprint density at radius 1 is 1.54 bits per heavy atom. The quantitative estimate of drug-likeness (QED) is 0.534. The number of hydrogen-bond acceptors (Lipinski definition) is 4. The van der Waals surface area contributed by atoms with Gasteiger partial charge in [-0.25, -0.2) is 4.79 Å². The lowest BCUT2D eigenvalue weighted by Gasteiger charge is -1.91. The van der Waals surface area contributed by atoms with Crippen molar-refractivity contribution in [3.05, 3.63) is 34.0 Å². The van der Waals surface area contributed by atoms with Gasteiger partial charge in [0.25, 0.3) is 0 Å². The van der Waals surface area contributed by atoms with Gasteiger partial charge in [-0.2, -0.15) is 0 Å². The van der Waals surface area contributed by atoms with E-state index in [1.54, 1.807) is 0 Å². The van der Waals surface area contributed by atoms with E-state index in [4.69, 9.17) is 26.8 Å². The molecular weight excluding hydrogens is 200 g/mol. The van der Waals surface area contributed by atoms with Crippen LogP contribution in [0.25, 0.3) is 0 Å². The van der Waals surface area contributed by atoms with Crippen LogP contribution in [0.5, 0.6) is 0 Å². The minimum atomic E-state index is -1.02. The Morgan fingerprint density at radius 2 is 2.08 bits per heavy atom. The summed E-state index contributed by atoms with van der Waals surface area (Å²) >= 11 is 5.46. The van der Waals surface area contributed by atoms with Gasteiger partial charge >= 0.3 is 5.97 Å². The van der Waals surface area contributed by atoms with Crippen molar-refractivity contribution in [1.82, 2.24) is 4.98 Å². The predicted octanol–water partition coefficient (Wildman–Crippen LogP) is 1.58. The summed E-state index contributed by atoms with van der Waals surface area (Å²) in [6.45, 7) is 0. The Morgan fingerprint density at radius 3 is 2.38 bits per heavy atom. The van der Waals surface area contributed by atoms with E-state index in [1.165, 1.54) is 23.8 Å². The molecule has 1 rings (SSSR count). The second-order valence-corrected chi connectivity index (χ2v) is 2.22. The molecule has 0 radical (unpaired) electrons. The molecule has 7 heteroatoms. The zero-order chi connectivity index (χ0) is 10.3. The molecule has 1 heterocycles. The molecule has 0 bridgehead atoms. The van der Waals surface area contributed by atoms with E-state index < -0.39 is 5.97 Å². The number of carbonyl (C=O) groups is 1. The van der Waals surface area contributed by atoms with Gasteiger partial charge in [0.1, 0.15) is 0 Å². The molecule has 0 fully saturated rings. The summed E-state index contributed by atoms with van der Waals surface area (Å²) < 4.78 is 0. The van der Waals surface area contributed by atoms with Crippen molar-refractivity contribution in [2.45, 2.75) is 0 Å². The highest BCUT2D eigenvalue weighted by Crippen LogP contribution is 2.07. The fourth-order valence-corrected chi connectivity index (χ4v) is 0.703. The van der Waals surface area contributed by atoms with Crippen LogP contribution in [0, 0.1) is 4.91 Å². The van der Waals surface area contributed by atoms with Crippen LogP contribution in [0.3, 0.4) is 0 Å². The van der Waals surface area contributed by atoms with Crippen LogP contribution in [0.4, 0.5) is 0 Å². The van der Waals surface area contributed by atoms with Crippen molar-refractivity contribution in [3.8, 4) is 0 Å². The van der Waals surface area contributed by atoms with Gasteiger partial charge < -0.3 is 10.3 Å². The average molecular weight is 205 g/mol. The zero-order valence-corrected chi connectivity index (χ0v) is 6.97. The van der Waals surface area contributed by atoms with E-state index in [2.05, 4.69) is 4.98 Å². The first kappa shape index (κ1) is 11.3. The summed E-state index contributed by atoms with van der Waals surface area (Å²) in [5, 5.41) is 16.6. The standard InChI is InChI=1S/C6H4ClNO2.HNO2/c7-5-1-4(6(9)10)2-8-3-5;2-1-3/h1-3H,(H,9,10);(H,2,3). The van der Waals surface area contributed by atoms with Crippen LogP contribution >= 0.6 is 11.6 Å². The number of carboxylic acids is 1. The van der Waals surface area contributed by atoms with Gasteiger partial charge in [-0.1, -0.05) is 11.6 Å². The lowest BCUT2D eigenvalue weighted by atomic mass is 10.3. The third kappa shape index (κ3) is 4.70. The second-order valence-electron chi connectivity index (χ2n) is 1.78. The molecule has 0 amide bonds. The van der Waals surface area contributed by atoms with E-state index in [0.717, 1.165) is 0 Å². The molecule has 0 aromatic carbocycles. The van der Waals surface area contributed by atoms with Crippen LogP contribution in [0.2, 0.25) is 5.02 Å². The first-order chi connectivity index (χ1) is 6.11. The van der Waals surface area contributed by atoms with Crippen LogP contribution < -0.4 is 0 Å². The molecule has 1 aromatic heterocycles. The topological polar surface area (TPSA) is 99.8 Å². The normalized spacial score (nSPS) is 8.08. The second kappa shape index (κ2) is 5.90. The van der Waals surface area contributed by atoms with Gasteiger partial charge in [0.2, 0.25) is 0 Å². The smallest absolute Gasteiger partial charge is 0.337 e. The average Bonchev–Trinajstić information content (AvgIpc) is 2.05. The molecule has 0 saturated carbocycles. The molecule has 6 nitrogen and oxygen atoms in total. The molecule has 70 valence electrons. The molecule has 0 unspecified atom stereocenters. The number of pyridine rings is 1. The summed E-state index contributed by atoms with van der Waals surface area (Å²) in [7, 11) is 0. The van der Waals surface area contributed by atoms with Gasteiger partial charge in [-0.05, 0) is 6.07 Å². The van der Waals surface area contributed by atoms with Gasteiger partial charge in [0, 0.05) is 12.4 Å². The highest BCUT2D eigenvalue weighted by atomic mass is 35.5. The molecule has 13 heavy (non-hydrogen) atoms. The molecular formula is C6H5ClN2O4. The summed E-state index contributed by atoms with van der Waals surface area (Å²) in [6.07, 6.45) is 2.63. The number of halogens is 1. The fourth-order valence-electron chi connectivity index (χ4n) is 0.529. The zero-order valence-electron chi connectivity index (χ0n) is 6.22. The summed E-state index contributed by atoms with van der Waals surface area (Å²) in [5.74, 6) is -1.02. The van der Waals surface area contributed by atoms with E-state index in [9.17, 15) is 4.79 Å². The van der Waals surface area contributed by atoms with E-state index >= 15 is 0 Å². The number of carboxylic acid groups (broad SMARTS) is 1. The van der Waals surface area contributed by atoms with E-state index in [-0.39, 0.29) is 5.56 Å². The summed E-state index contributed by atoms with van der Waals surface area (Å²) in [4.78, 5) is 22.0. The van der Waals surface area contributed by atoms with Crippen LogP contribution in [0.1, 0.15) is 10.4 Å². The Kier molecular flexibility index (Phi) is 5.13. The maximum absolute atomic E-state index is 10.3. The molecule has 0 saturated heterocycles. The molecule has 0 aliphatic carbocycles. The van der Waals surface area contributed by atoms with Gasteiger partial charge in [0.05, 0.1) is 10.6 Å². The largest absolute Gasteiger partial charge is 0.478 e. The molecule has 2 N–H and O–H groups in total. The Bertz CT molecular complexity index is 304. The van der Waals surface area contributed by atoms with Gasteiger partial charge in [-0.15, -0.1) is 4.91 Å². The first-order valence-electron chi connectivity index (χ1n) is 2.92. The maximum atomic E-state index is 10.3. The third-order valence-corrected chi connectivity index (χ3v) is 1.16. The molecule has 0 aliphatic heterocycles. The van der Waals surface area contributed by atoms with Crippen molar-refractivity contribution >= 4 is 17.6 Å². The van der Waals surface area contributed by atoms with E-state index in [0.29, 0.717) is 5.02 Å². The molecule has 0 atom stereocenters. The Balaban J connectivity index is 0.000000424. The number of aromatic nitrogens is 1. The van der Waals surface area contributed by atoms with Crippen LogP contribution in [0.15, 0.2) is 23.8 Å². The van der Waals surface area contributed by atoms with Crippen molar-refractivity contribution in [2.24, 2.45) is 5.34 Å². The van der Waals surface area contributed by atoms with Crippen LogP contribution in [-0.4, -0.2) is 21.3 Å². The van der Waals surface area contributed by atoms with Crippen molar-refractivity contribution in [1.29, 1.82) is 0 Å². The minimum absolute atomic E-state index is 0.104. The summed E-state index contributed by atoms with van der Waals surface area (Å²) in [6, 6.07) is 1.34. The Labute approximate surface area is 77.7 Å². The maximum Gasteiger partial charge on any atom is 0.337 e. The number of aromatic carboxylic acids is 1. The third-order valence-electron chi connectivity index (χ3n) is 0.952. The highest BCUT2D eigenvalue weighted by molar-refractivity contribution is 6.30. The monoisotopic (exact) mass is 204 g/mol. The minimum Gasteiger partial charge on any atom is -0.478 e. The predicted molar refractivity (Wildman–Crippen MR) is 43.8 cm³/mol. The highest BCUT2D eigenvalue weighted by Gasteiger charge is 2.01. The first-order valence-corrected chi connectivity index (χ1v) is 3.30. The lowest BCUT2D eigenvalue weighted by Crippen LogP contribution is -1.95. The van der Waals surface area contributed by atoms with E-state index in [1.807, 2.05) is 0 Å². The Hall–Kier alpha value is -1.69.